The summed E-state index contributed by atoms with van der Waals surface area (Å²) in [5, 5.41) is 0. The molecule has 3 rings (SSSR count). The fraction of sp³-hybridized carbons (Fsp3) is 0.500. The summed E-state index contributed by atoms with van der Waals surface area (Å²) in [6.45, 7) is 4.66. The third kappa shape index (κ3) is 1.12. The average Bonchev–Trinajstić information content (AvgIpc) is 2.81. The molecule has 0 unspecified atom stereocenters. The van der Waals surface area contributed by atoms with E-state index in [0.717, 1.165) is 24.3 Å². The summed E-state index contributed by atoms with van der Waals surface area (Å²) >= 11 is 0. The van der Waals surface area contributed by atoms with Gasteiger partial charge in [0.05, 0.1) is 0 Å². The summed E-state index contributed by atoms with van der Waals surface area (Å²) < 4.78 is 0. The smallest absolute Gasteiger partial charge is 0.163 e. The van der Waals surface area contributed by atoms with Crippen molar-refractivity contribution in [1.29, 1.82) is 0 Å². The van der Waals surface area contributed by atoms with Gasteiger partial charge in [0.25, 0.3) is 0 Å². The lowest BCUT2D eigenvalue weighted by Crippen LogP contribution is -2.04. The van der Waals surface area contributed by atoms with Crippen LogP contribution in [0.25, 0.3) is 0 Å². The number of fused-ring (bicyclic) bond motifs is 3. The third-order valence-corrected chi connectivity index (χ3v) is 4.33. The molecule has 2 aliphatic carbocycles. The van der Waals surface area contributed by atoms with Gasteiger partial charge in [0.2, 0.25) is 0 Å². The van der Waals surface area contributed by atoms with E-state index in [1.54, 1.807) is 0 Å². The van der Waals surface area contributed by atoms with Gasteiger partial charge in [0.1, 0.15) is 0 Å². The molecule has 0 aliphatic heterocycles. The maximum Gasteiger partial charge on any atom is 0.163 e. The lowest BCUT2D eigenvalue weighted by molar-refractivity contribution is 0.0978. The van der Waals surface area contributed by atoms with Gasteiger partial charge in [0, 0.05) is 12.0 Å². The minimum Gasteiger partial charge on any atom is -0.294 e. The van der Waals surface area contributed by atoms with Crippen LogP contribution in [0.3, 0.4) is 0 Å². The Morgan fingerprint density at radius 1 is 1.27 bits per heavy atom. The fourth-order valence-corrected chi connectivity index (χ4v) is 3.34. The van der Waals surface area contributed by atoms with Gasteiger partial charge in [-0.3, -0.25) is 4.79 Å². The third-order valence-electron chi connectivity index (χ3n) is 4.33. The van der Waals surface area contributed by atoms with Crippen LogP contribution in [0, 0.1) is 11.3 Å². The highest BCUT2D eigenvalue weighted by atomic mass is 16.1. The molecule has 0 heterocycles. The number of carbonyl (C=O) groups excluding carboxylic acids is 1. The van der Waals surface area contributed by atoms with Gasteiger partial charge in [-0.15, -0.1) is 0 Å². The maximum absolute atomic E-state index is 11.9. The van der Waals surface area contributed by atoms with Crippen molar-refractivity contribution in [2.75, 3.05) is 0 Å². The van der Waals surface area contributed by atoms with Crippen LogP contribution in [0.2, 0.25) is 0 Å². The van der Waals surface area contributed by atoms with E-state index in [4.69, 9.17) is 0 Å². The standard InChI is InChI=1S/C14H16O/c1-14(2)11-7-8-12(15)9-5-3-4-6-10(9)13(11)14/h3-6,11,13H,7-8H2,1-2H3/t11-,13+/m1/s1. The molecule has 1 heteroatoms. The van der Waals surface area contributed by atoms with Gasteiger partial charge in [-0.05, 0) is 29.2 Å². The van der Waals surface area contributed by atoms with Crippen LogP contribution in [0.1, 0.15) is 48.5 Å². The fourth-order valence-electron chi connectivity index (χ4n) is 3.34. The molecule has 15 heavy (non-hydrogen) atoms. The first-order valence-corrected chi connectivity index (χ1v) is 5.74. The molecule has 0 spiro atoms. The number of hydrogen-bond donors (Lipinski definition) is 0. The van der Waals surface area contributed by atoms with Crippen molar-refractivity contribution in [3.8, 4) is 0 Å². The molecule has 0 saturated heterocycles. The van der Waals surface area contributed by atoms with E-state index >= 15 is 0 Å². The molecule has 1 fully saturated rings. The Balaban J connectivity index is 2.14. The highest BCUT2D eigenvalue weighted by Gasteiger charge is 2.59. The minimum atomic E-state index is 0.341. The Morgan fingerprint density at radius 3 is 2.80 bits per heavy atom. The normalized spacial score (nSPS) is 31.5. The van der Waals surface area contributed by atoms with Crippen molar-refractivity contribution >= 4 is 5.78 Å². The molecule has 2 atom stereocenters. The number of ketones is 1. The number of hydrogen-bond acceptors (Lipinski definition) is 1. The summed E-state index contributed by atoms with van der Waals surface area (Å²) in [4.78, 5) is 11.9. The number of Topliss-reactive ketones (excluding diaryl/α,β-unsaturated/α-hetero) is 1. The highest BCUT2D eigenvalue weighted by molar-refractivity contribution is 5.98. The first-order chi connectivity index (χ1) is 7.12. The van der Waals surface area contributed by atoms with Crippen molar-refractivity contribution in [3.05, 3.63) is 35.4 Å². The Kier molecular flexibility index (Phi) is 1.66. The molecule has 78 valence electrons. The zero-order valence-corrected chi connectivity index (χ0v) is 9.29. The predicted molar refractivity (Wildman–Crippen MR) is 60.0 cm³/mol. The Morgan fingerprint density at radius 2 is 2.00 bits per heavy atom. The van der Waals surface area contributed by atoms with E-state index in [0.29, 0.717) is 17.1 Å². The Hall–Kier alpha value is -1.11. The molecule has 0 N–H and O–H groups in total. The van der Waals surface area contributed by atoms with Crippen LogP contribution < -0.4 is 0 Å². The quantitative estimate of drug-likeness (QED) is 0.627. The van der Waals surface area contributed by atoms with E-state index < -0.39 is 0 Å². The van der Waals surface area contributed by atoms with Crippen molar-refractivity contribution < 1.29 is 4.79 Å². The molecule has 2 aliphatic rings. The van der Waals surface area contributed by atoms with Gasteiger partial charge >= 0.3 is 0 Å². The second-order valence-electron chi connectivity index (χ2n) is 5.45. The van der Waals surface area contributed by atoms with E-state index in [9.17, 15) is 4.79 Å². The molecule has 1 nitrogen and oxygen atoms in total. The number of benzene rings is 1. The molecule has 1 aromatic carbocycles. The van der Waals surface area contributed by atoms with Gasteiger partial charge in [-0.25, -0.2) is 0 Å². The summed E-state index contributed by atoms with van der Waals surface area (Å²) in [6.07, 6.45) is 1.81. The average molecular weight is 200 g/mol. The lowest BCUT2D eigenvalue weighted by atomic mass is 9.94. The maximum atomic E-state index is 11.9. The molecule has 0 radical (unpaired) electrons. The van der Waals surface area contributed by atoms with Gasteiger partial charge in [-0.1, -0.05) is 38.1 Å². The largest absolute Gasteiger partial charge is 0.294 e. The summed E-state index contributed by atoms with van der Waals surface area (Å²) in [5.74, 6) is 1.69. The molecule has 0 aromatic heterocycles. The van der Waals surface area contributed by atoms with Crippen molar-refractivity contribution in [2.45, 2.75) is 32.6 Å². The second-order valence-corrected chi connectivity index (χ2v) is 5.45. The van der Waals surface area contributed by atoms with Crippen LogP contribution in [-0.2, 0) is 0 Å². The van der Waals surface area contributed by atoms with Crippen molar-refractivity contribution in [3.63, 3.8) is 0 Å². The van der Waals surface area contributed by atoms with Crippen LogP contribution in [-0.4, -0.2) is 5.78 Å². The van der Waals surface area contributed by atoms with E-state index in [1.807, 2.05) is 12.1 Å². The van der Waals surface area contributed by atoms with Gasteiger partial charge in [-0.2, -0.15) is 0 Å². The number of carbonyl (C=O) groups is 1. The zero-order valence-electron chi connectivity index (χ0n) is 9.29. The van der Waals surface area contributed by atoms with Gasteiger partial charge < -0.3 is 0 Å². The van der Waals surface area contributed by atoms with Crippen molar-refractivity contribution in [1.82, 2.24) is 0 Å². The van der Waals surface area contributed by atoms with Crippen LogP contribution in [0.15, 0.2) is 24.3 Å². The SMILES string of the molecule is CC1(C)[C@@H]2CCC(=O)c3ccccc3[C@@H]21. The molecule has 0 amide bonds. The monoisotopic (exact) mass is 200 g/mol. The summed E-state index contributed by atoms with van der Waals surface area (Å²) in [5.41, 5.74) is 2.70. The Bertz CT molecular complexity index is 431. The lowest BCUT2D eigenvalue weighted by Gasteiger charge is -2.09. The van der Waals surface area contributed by atoms with E-state index in [2.05, 4.69) is 26.0 Å². The van der Waals surface area contributed by atoms with Crippen molar-refractivity contribution in [2.24, 2.45) is 11.3 Å². The van der Waals surface area contributed by atoms with Crippen LogP contribution >= 0.6 is 0 Å². The predicted octanol–water partition coefficient (Wildman–Crippen LogP) is 3.40. The first kappa shape index (κ1) is 9.14. The minimum absolute atomic E-state index is 0.341. The van der Waals surface area contributed by atoms with Gasteiger partial charge in [0.15, 0.2) is 5.78 Å². The first-order valence-electron chi connectivity index (χ1n) is 5.74. The Labute approximate surface area is 90.5 Å². The summed E-state index contributed by atoms with van der Waals surface area (Å²) in [6, 6.07) is 8.18. The summed E-state index contributed by atoms with van der Waals surface area (Å²) in [7, 11) is 0. The van der Waals surface area contributed by atoms with E-state index in [1.165, 1.54) is 5.56 Å². The second kappa shape index (κ2) is 2.72. The molecule has 1 aromatic rings. The molecular formula is C14H16O. The molecule has 0 bridgehead atoms. The van der Waals surface area contributed by atoms with Crippen LogP contribution in [0.4, 0.5) is 0 Å². The van der Waals surface area contributed by atoms with E-state index in [-0.39, 0.29) is 0 Å². The topological polar surface area (TPSA) is 17.1 Å². The zero-order chi connectivity index (χ0) is 10.6. The highest BCUT2D eigenvalue weighted by Crippen LogP contribution is 2.67. The van der Waals surface area contributed by atoms with Crippen LogP contribution in [0.5, 0.6) is 0 Å². The molecule has 1 saturated carbocycles. The molecular weight excluding hydrogens is 184 g/mol. The number of rotatable bonds is 0.